The Labute approximate surface area is 537 Å². The van der Waals surface area contributed by atoms with Crippen LogP contribution in [0.1, 0.15) is 134 Å². The van der Waals surface area contributed by atoms with Gasteiger partial charge >= 0.3 is 12.1 Å². The van der Waals surface area contributed by atoms with Crippen LogP contribution < -0.4 is 25.8 Å². The Morgan fingerprint density at radius 2 is 1.46 bits per heavy atom. The van der Waals surface area contributed by atoms with Crippen molar-refractivity contribution in [2.24, 2.45) is 51.3 Å². The second kappa shape index (κ2) is 31.5. The molecule has 1 aromatic heterocycles. The van der Waals surface area contributed by atoms with E-state index in [1.54, 1.807) is 46.0 Å². The second-order valence-electron chi connectivity index (χ2n) is 26.9. The van der Waals surface area contributed by atoms with Crippen LogP contribution in [0.15, 0.2) is 23.2 Å². The summed E-state index contributed by atoms with van der Waals surface area (Å²) in [7, 11) is 1.62. The molecule has 11 atom stereocenters. The average molecular weight is 1290 g/mol. The van der Waals surface area contributed by atoms with Gasteiger partial charge in [0.15, 0.2) is 6.04 Å². The molecule has 4 saturated carbocycles. The van der Waals surface area contributed by atoms with Gasteiger partial charge < -0.3 is 69.7 Å². The first-order valence-corrected chi connectivity index (χ1v) is 34.1. The predicted molar refractivity (Wildman–Crippen MR) is 347 cm³/mol. The first kappa shape index (κ1) is 70.5. The van der Waals surface area contributed by atoms with E-state index in [1.165, 1.54) is 39.3 Å². The van der Waals surface area contributed by atoms with Crippen LogP contribution in [0.3, 0.4) is 0 Å². The van der Waals surface area contributed by atoms with Crippen molar-refractivity contribution in [1.82, 2.24) is 25.4 Å². The van der Waals surface area contributed by atoms with Gasteiger partial charge in [-0.05, 0) is 130 Å². The minimum atomic E-state index is -0.996. The van der Waals surface area contributed by atoms with Crippen LogP contribution in [0.25, 0.3) is 23.4 Å². The molecule has 0 spiro atoms. The van der Waals surface area contributed by atoms with E-state index in [9.17, 15) is 49.5 Å². The third-order valence-electron chi connectivity index (χ3n) is 20.6. The fourth-order valence-corrected chi connectivity index (χ4v) is 17.5. The Balaban J connectivity index is 0.669. The molecule has 90 heavy (non-hydrogen) atoms. The van der Waals surface area contributed by atoms with Crippen molar-refractivity contribution < 1.29 is 73.2 Å². The monoisotopic (exact) mass is 1290 g/mol. The van der Waals surface area contributed by atoms with Gasteiger partial charge in [-0.2, -0.15) is 0 Å². The number of aliphatic imine (C=N–C) groups is 1. The number of hydrogen-bond donors (Lipinski definition) is 7. The third kappa shape index (κ3) is 17.1. The van der Waals surface area contributed by atoms with E-state index in [1.807, 2.05) is 0 Å². The predicted octanol–water partition coefficient (Wildman–Crippen LogP) is 6.90. The maximum Gasteiger partial charge on any atom is 0.415 e. The number of benzene rings is 2. The fourth-order valence-electron chi connectivity index (χ4n) is 15.4. The first-order valence-electron chi connectivity index (χ1n) is 32.3. The zero-order valence-corrected chi connectivity index (χ0v) is 55.5. The number of fused-ring (bicyclic) bond motifs is 6. The molecule has 2 heterocycles. The van der Waals surface area contributed by atoms with E-state index in [0.29, 0.717) is 125 Å². The van der Waals surface area contributed by atoms with Crippen molar-refractivity contribution >= 4 is 81.3 Å². The van der Waals surface area contributed by atoms with Gasteiger partial charge in [0.05, 0.1) is 75.3 Å². The SMILES string of the molecule is C=c1c(C)c(O)c(=C)c(C(C)(C)CC(=O)N(C)CCN(CCOCCOCCOCCOCCC(=O)NCCCNC(=O)CCC(C)C2CCC3C4C(O)CC5CC(O)CCC5(C)C4CCC23C)C(=O)Oc2ccc3nc(C4=NC(C(=O)O)CS4)sc3c2)c1O. The summed E-state index contributed by atoms with van der Waals surface area (Å²) in [5.41, 5.74) is 0.815. The fraction of sp³-hybridized carbons (Fsp3) is 0.687. The highest BCUT2D eigenvalue weighted by atomic mass is 32.2. The molecule has 21 nitrogen and oxygen atoms in total. The van der Waals surface area contributed by atoms with Crippen LogP contribution in [0.4, 0.5) is 4.79 Å². The summed E-state index contributed by atoms with van der Waals surface area (Å²) >= 11 is 2.64. The normalized spacial score (nSPS) is 25.8. The second-order valence-corrected chi connectivity index (χ2v) is 28.9. The average Bonchev–Trinajstić information content (AvgIpc) is 1.58. The molecule has 8 rings (SSSR count). The van der Waals surface area contributed by atoms with E-state index >= 15 is 0 Å². The number of aromatic hydroxyl groups is 2. The number of aliphatic carboxylic acids is 1. The smallest absolute Gasteiger partial charge is 0.415 e. The number of thioether (sulfide) groups is 1. The summed E-state index contributed by atoms with van der Waals surface area (Å²) in [6.07, 6.45) is 9.15. The summed E-state index contributed by atoms with van der Waals surface area (Å²) in [5, 5.41) is 60.7. The van der Waals surface area contributed by atoms with Gasteiger partial charge in [-0.3, -0.25) is 19.4 Å². The summed E-state index contributed by atoms with van der Waals surface area (Å²) in [6.45, 7) is 23.7. The van der Waals surface area contributed by atoms with Crippen LogP contribution in [0.2, 0.25) is 0 Å². The number of carboxylic acids is 1. The molecule has 0 bridgehead atoms. The van der Waals surface area contributed by atoms with Crippen LogP contribution in [0.5, 0.6) is 17.2 Å². The first-order chi connectivity index (χ1) is 42.8. The zero-order chi connectivity index (χ0) is 65.1. The lowest BCUT2D eigenvalue weighted by atomic mass is 9.43. The standard InChI is InChI=1S/C67H98N6O15S2/c1-40(47-13-14-48-57-49(18-21-67(47,48)8)66(7)20-17-45(74)35-44(66)36-52(57)75)11-16-54(76)68-22-10-23-69-55(77)19-27-84-29-31-86-33-34-87-32-30-85-28-26-73(25-24-72(9)56(78)38-65(5,6)58-43(4)59(79)41(2)42(3)60(58)80)64(83)88-46-12-15-50-53(37-46)90-62(70-50)61-71-51(39-89-61)63(81)82/h12,15,37,40,44-45,47-49,51-52,57,74-75,79-80H,3-4,10-11,13-14,16-36,38-39H2,1-2,5-9H3,(H,68,76)(H,69,77)(H,81,82). The van der Waals surface area contributed by atoms with E-state index in [0.717, 1.165) is 51.4 Å². The largest absolute Gasteiger partial charge is 0.507 e. The number of rotatable bonds is 32. The molecular formula is C67H98N6O15S2. The van der Waals surface area contributed by atoms with Crippen molar-refractivity contribution in [2.45, 2.75) is 149 Å². The van der Waals surface area contributed by atoms with Gasteiger partial charge in [0.25, 0.3) is 0 Å². The Bertz CT molecular complexity index is 3140. The molecule has 2 aromatic carbocycles. The molecule has 4 aliphatic carbocycles. The molecule has 7 N–H and O–H groups in total. The van der Waals surface area contributed by atoms with Crippen molar-refractivity contribution in [2.75, 3.05) is 98.4 Å². The Kier molecular flexibility index (Phi) is 24.7. The van der Waals surface area contributed by atoms with Crippen molar-refractivity contribution in [3.05, 3.63) is 44.8 Å². The van der Waals surface area contributed by atoms with Gasteiger partial charge in [0.1, 0.15) is 27.3 Å². The van der Waals surface area contributed by atoms with Gasteiger partial charge in [-0.25, -0.2) is 14.6 Å². The molecule has 0 radical (unpaired) electrons. The van der Waals surface area contributed by atoms with Gasteiger partial charge in [0, 0.05) is 97.8 Å². The lowest BCUT2D eigenvalue weighted by Crippen LogP contribution is -2.58. The number of amides is 4. The summed E-state index contributed by atoms with van der Waals surface area (Å²) in [5.74, 6) is 1.75. The van der Waals surface area contributed by atoms with E-state index in [4.69, 9.17) is 23.7 Å². The highest BCUT2D eigenvalue weighted by molar-refractivity contribution is 8.15. The van der Waals surface area contributed by atoms with Crippen LogP contribution in [0, 0.1) is 53.3 Å². The molecule has 0 saturated heterocycles. The van der Waals surface area contributed by atoms with Crippen LogP contribution >= 0.6 is 23.1 Å². The Hall–Kier alpha value is -5.40. The van der Waals surface area contributed by atoms with Gasteiger partial charge in [0.2, 0.25) is 17.7 Å². The van der Waals surface area contributed by atoms with Crippen molar-refractivity contribution in [3.8, 4) is 17.2 Å². The number of carboxylic acid groups (broad SMARTS) is 1. The molecule has 4 fully saturated rings. The number of phenols is 2. The molecule has 3 aromatic rings. The minimum Gasteiger partial charge on any atom is -0.507 e. The topological polar surface area (TPSA) is 288 Å². The summed E-state index contributed by atoms with van der Waals surface area (Å²) in [4.78, 5) is 76.2. The molecule has 5 aliphatic rings. The number of phenolic OH excluding ortho intramolecular Hbond substituents is 2. The number of ether oxygens (including phenoxy) is 5. The number of nitrogens with zero attached hydrogens (tertiary/aromatic N) is 4. The highest BCUT2D eigenvalue weighted by Crippen LogP contribution is 2.68. The number of aliphatic hydroxyl groups excluding tert-OH is 2. The number of nitrogens with one attached hydrogen (secondary N) is 2. The van der Waals surface area contributed by atoms with Crippen LogP contribution in [-0.2, 0) is 43.5 Å². The Morgan fingerprint density at radius 1 is 0.811 bits per heavy atom. The van der Waals surface area contributed by atoms with E-state index < -0.39 is 23.5 Å². The van der Waals surface area contributed by atoms with E-state index in [-0.39, 0.29) is 127 Å². The Morgan fingerprint density at radius 3 is 2.13 bits per heavy atom. The zero-order valence-electron chi connectivity index (χ0n) is 53.9. The van der Waals surface area contributed by atoms with Crippen LogP contribution in [-0.4, -0.2) is 192 Å². The molecular weight excluding hydrogens is 1190 g/mol. The maximum atomic E-state index is 13.8. The number of thiazole rings is 1. The number of carbonyl (C=O) groups is 5. The van der Waals surface area contributed by atoms with Crippen molar-refractivity contribution in [3.63, 3.8) is 0 Å². The summed E-state index contributed by atoms with van der Waals surface area (Å²) < 4.78 is 29.3. The van der Waals surface area contributed by atoms with Gasteiger partial charge in [-0.15, -0.1) is 23.1 Å². The maximum absolute atomic E-state index is 13.8. The van der Waals surface area contributed by atoms with E-state index in [2.05, 4.69) is 54.5 Å². The molecule has 4 amide bonds. The number of aromatic nitrogens is 1. The lowest BCUT2D eigenvalue weighted by Gasteiger charge is -2.62. The quantitative estimate of drug-likeness (QED) is 0.0247. The molecule has 498 valence electrons. The molecule has 11 unspecified atom stereocenters. The lowest BCUT2D eigenvalue weighted by molar-refractivity contribution is -0.174. The molecule has 1 aliphatic heterocycles. The highest BCUT2D eigenvalue weighted by Gasteiger charge is 2.63. The summed E-state index contributed by atoms with van der Waals surface area (Å²) in [6, 6.07) is 4.18. The van der Waals surface area contributed by atoms with Crippen molar-refractivity contribution in [1.29, 1.82) is 0 Å². The molecule has 23 heteroatoms. The number of carbonyl (C=O) groups excluding carboxylic acids is 4. The number of likely N-dealkylation sites (N-methyl/N-ethyl adjacent to an activating group) is 1. The minimum absolute atomic E-state index is 0.0442. The third-order valence-corrected chi connectivity index (χ3v) is 22.8. The number of hydrogen-bond acceptors (Lipinski definition) is 18. The van der Waals surface area contributed by atoms with Gasteiger partial charge in [-0.1, -0.05) is 47.8 Å². The number of aliphatic hydroxyl groups is 2.